The fourth-order valence-electron chi connectivity index (χ4n) is 3.49. The molecule has 0 saturated heterocycles. The Hall–Kier alpha value is -3.25. The van der Waals surface area contributed by atoms with Crippen molar-refractivity contribution in [2.75, 3.05) is 32.7 Å². The van der Waals surface area contributed by atoms with E-state index in [2.05, 4.69) is 29.6 Å². The van der Waals surface area contributed by atoms with Crippen LogP contribution in [0, 0.1) is 0 Å². The van der Waals surface area contributed by atoms with E-state index < -0.39 is 0 Å². The molecule has 1 aliphatic rings. The maximum absolute atomic E-state index is 12.8. The first-order valence-corrected chi connectivity index (χ1v) is 10.0. The summed E-state index contributed by atoms with van der Waals surface area (Å²) in [4.78, 5) is 14.8. The van der Waals surface area contributed by atoms with Crippen LogP contribution in [0.1, 0.15) is 12.5 Å². The number of ether oxygens (including phenoxy) is 3. The number of carbonyl (C=O) groups excluding carboxylic acids is 1. The molecule has 1 aliphatic heterocycles. The number of amides is 1. The van der Waals surface area contributed by atoms with E-state index in [-0.39, 0.29) is 11.9 Å². The van der Waals surface area contributed by atoms with Crippen molar-refractivity contribution in [2.24, 2.45) is 0 Å². The van der Waals surface area contributed by atoms with Crippen molar-refractivity contribution in [1.29, 1.82) is 0 Å². The summed E-state index contributed by atoms with van der Waals surface area (Å²) >= 11 is 0. The number of likely N-dealkylation sites (N-methyl/N-ethyl adjacent to an activating group) is 1. The van der Waals surface area contributed by atoms with E-state index in [1.165, 1.54) is 0 Å². The Kier molecular flexibility index (Phi) is 5.77. The third-order valence-corrected chi connectivity index (χ3v) is 5.39. The number of benzene rings is 3. The Morgan fingerprint density at radius 3 is 2.57 bits per heavy atom. The van der Waals surface area contributed by atoms with Crippen molar-refractivity contribution in [1.82, 2.24) is 4.90 Å². The van der Waals surface area contributed by atoms with Crippen LogP contribution in [0.15, 0.2) is 54.6 Å². The Bertz CT molecular complexity index is 1070. The van der Waals surface area contributed by atoms with Gasteiger partial charge >= 0.3 is 0 Å². The van der Waals surface area contributed by atoms with Gasteiger partial charge in [0.25, 0.3) is 0 Å². The van der Waals surface area contributed by atoms with Crippen molar-refractivity contribution in [2.45, 2.75) is 19.5 Å². The lowest BCUT2D eigenvalue weighted by molar-refractivity contribution is -0.120. The first-order valence-electron chi connectivity index (χ1n) is 10.0. The Morgan fingerprint density at radius 1 is 1.03 bits per heavy atom. The molecule has 156 valence electrons. The molecule has 0 fully saturated rings. The van der Waals surface area contributed by atoms with Crippen LogP contribution in [-0.4, -0.2) is 44.2 Å². The van der Waals surface area contributed by atoms with Gasteiger partial charge in [-0.15, -0.1) is 0 Å². The first kappa shape index (κ1) is 20.0. The maximum Gasteiger partial charge on any atom is 0.241 e. The van der Waals surface area contributed by atoms with E-state index in [1.54, 1.807) is 13.2 Å². The van der Waals surface area contributed by atoms with Crippen LogP contribution in [0.3, 0.4) is 0 Å². The first-order chi connectivity index (χ1) is 14.5. The monoisotopic (exact) mass is 406 g/mol. The van der Waals surface area contributed by atoms with Crippen LogP contribution in [0.4, 0.5) is 5.69 Å². The molecule has 1 heterocycles. The fourth-order valence-corrected chi connectivity index (χ4v) is 3.49. The van der Waals surface area contributed by atoms with Gasteiger partial charge in [-0.25, -0.2) is 0 Å². The molecule has 0 spiro atoms. The highest BCUT2D eigenvalue weighted by Crippen LogP contribution is 2.32. The quantitative estimate of drug-likeness (QED) is 0.669. The van der Waals surface area contributed by atoms with Gasteiger partial charge in [0.2, 0.25) is 5.91 Å². The van der Waals surface area contributed by atoms with E-state index in [0.717, 1.165) is 22.1 Å². The minimum absolute atomic E-state index is 0.0697. The standard InChI is InChI=1S/C24H26N2O4/c1-16(24(27)25-20-7-9-22-23(14-20)30-11-10-29-22)26(2)15-17-4-5-19-13-21(28-3)8-6-18(19)12-17/h4-9,12-14,16H,10-11,15H2,1-3H3,(H,25,27). The molecule has 3 aromatic carbocycles. The van der Waals surface area contributed by atoms with Gasteiger partial charge in [0.05, 0.1) is 13.2 Å². The minimum Gasteiger partial charge on any atom is -0.497 e. The van der Waals surface area contributed by atoms with Gasteiger partial charge in [-0.1, -0.05) is 18.2 Å². The lowest BCUT2D eigenvalue weighted by atomic mass is 10.1. The summed E-state index contributed by atoms with van der Waals surface area (Å²) in [5.74, 6) is 2.14. The highest BCUT2D eigenvalue weighted by molar-refractivity contribution is 5.94. The molecular formula is C24H26N2O4. The van der Waals surface area contributed by atoms with Crippen molar-refractivity contribution in [3.05, 3.63) is 60.2 Å². The van der Waals surface area contributed by atoms with Crippen molar-refractivity contribution < 1.29 is 19.0 Å². The molecule has 0 aromatic heterocycles. The molecule has 0 bridgehead atoms. The third-order valence-electron chi connectivity index (χ3n) is 5.39. The summed E-state index contributed by atoms with van der Waals surface area (Å²) in [7, 11) is 3.62. The van der Waals surface area contributed by atoms with E-state index in [0.29, 0.717) is 36.9 Å². The molecule has 1 N–H and O–H groups in total. The molecule has 1 amide bonds. The highest BCUT2D eigenvalue weighted by Gasteiger charge is 2.20. The molecule has 1 atom stereocenters. The van der Waals surface area contributed by atoms with E-state index >= 15 is 0 Å². The molecule has 30 heavy (non-hydrogen) atoms. The number of nitrogens with zero attached hydrogens (tertiary/aromatic N) is 1. The average Bonchev–Trinajstić information content (AvgIpc) is 2.78. The van der Waals surface area contributed by atoms with Crippen molar-refractivity contribution in [3.8, 4) is 17.2 Å². The zero-order chi connectivity index (χ0) is 21.1. The number of nitrogens with one attached hydrogen (secondary N) is 1. The molecule has 3 aromatic rings. The molecule has 0 saturated carbocycles. The summed E-state index contributed by atoms with van der Waals surface area (Å²) < 4.78 is 16.4. The third kappa shape index (κ3) is 4.33. The number of hydrogen-bond donors (Lipinski definition) is 1. The SMILES string of the molecule is COc1ccc2cc(CN(C)C(C)C(=O)Nc3ccc4c(c3)OCCO4)ccc2c1. The zero-order valence-electron chi connectivity index (χ0n) is 17.5. The van der Waals surface area contributed by atoms with Gasteiger partial charge in [-0.3, -0.25) is 9.69 Å². The van der Waals surface area contributed by atoms with E-state index in [1.807, 2.05) is 43.1 Å². The summed E-state index contributed by atoms with van der Waals surface area (Å²) in [6, 6.07) is 17.5. The summed E-state index contributed by atoms with van der Waals surface area (Å²) in [5.41, 5.74) is 1.85. The maximum atomic E-state index is 12.8. The topological polar surface area (TPSA) is 60.0 Å². The summed E-state index contributed by atoms with van der Waals surface area (Å²) in [6.45, 7) is 3.63. The normalized spacial score (nSPS) is 13.9. The Morgan fingerprint density at radius 2 is 1.77 bits per heavy atom. The lowest BCUT2D eigenvalue weighted by Crippen LogP contribution is -2.39. The fraction of sp³-hybridized carbons (Fsp3) is 0.292. The second-order valence-corrected chi connectivity index (χ2v) is 7.49. The van der Waals surface area contributed by atoms with Gasteiger partial charge in [-0.2, -0.15) is 0 Å². The summed E-state index contributed by atoms with van der Waals surface area (Å²) in [6.07, 6.45) is 0. The van der Waals surface area contributed by atoms with Gasteiger partial charge < -0.3 is 19.5 Å². The number of rotatable bonds is 6. The Labute approximate surface area is 176 Å². The van der Waals surface area contributed by atoms with Crippen LogP contribution in [-0.2, 0) is 11.3 Å². The number of carbonyl (C=O) groups is 1. The van der Waals surface area contributed by atoms with Crippen LogP contribution in [0.2, 0.25) is 0 Å². The zero-order valence-corrected chi connectivity index (χ0v) is 17.5. The van der Waals surface area contributed by atoms with Crippen LogP contribution in [0.25, 0.3) is 10.8 Å². The minimum atomic E-state index is -0.301. The summed E-state index contributed by atoms with van der Waals surface area (Å²) in [5, 5.41) is 5.25. The molecule has 1 unspecified atom stereocenters. The molecule has 4 rings (SSSR count). The van der Waals surface area contributed by atoms with Crippen LogP contribution >= 0.6 is 0 Å². The van der Waals surface area contributed by atoms with Gasteiger partial charge in [0, 0.05) is 18.3 Å². The number of hydrogen-bond acceptors (Lipinski definition) is 5. The highest BCUT2D eigenvalue weighted by atomic mass is 16.6. The molecular weight excluding hydrogens is 380 g/mol. The second-order valence-electron chi connectivity index (χ2n) is 7.49. The number of fused-ring (bicyclic) bond motifs is 2. The molecule has 0 radical (unpaired) electrons. The molecule has 6 nitrogen and oxygen atoms in total. The molecule has 6 heteroatoms. The van der Waals surface area contributed by atoms with Crippen LogP contribution < -0.4 is 19.5 Å². The second kappa shape index (κ2) is 8.63. The van der Waals surface area contributed by atoms with Crippen molar-refractivity contribution >= 4 is 22.4 Å². The van der Waals surface area contributed by atoms with E-state index in [4.69, 9.17) is 14.2 Å². The number of anilines is 1. The van der Waals surface area contributed by atoms with Gasteiger partial charge in [-0.05, 0) is 60.6 Å². The average molecular weight is 406 g/mol. The van der Waals surface area contributed by atoms with Crippen LogP contribution in [0.5, 0.6) is 17.2 Å². The largest absolute Gasteiger partial charge is 0.497 e. The number of methoxy groups -OCH3 is 1. The lowest BCUT2D eigenvalue weighted by Gasteiger charge is -2.24. The molecule has 0 aliphatic carbocycles. The van der Waals surface area contributed by atoms with E-state index in [9.17, 15) is 4.79 Å². The smallest absolute Gasteiger partial charge is 0.241 e. The van der Waals surface area contributed by atoms with Gasteiger partial charge in [0.1, 0.15) is 19.0 Å². The van der Waals surface area contributed by atoms with Gasteiger partial charge in [0.15, 0.2) is 11.5 Å². The van der Waals surface area contributed by atoms with Crippen molar-refractivity contribution in [3.63, 3.8) is 0 Å². The predicted molar refractivity (Wildman–Crippen MR) is 117 cm³/mol. The predicted octanol–water partition coefficient (Wildman–Crippen LogP) is 4.08. The Balaban J connectivity index is 1.41.